The summed E-state index contributed by atoms with van der Waals surface area (Å²) in [6.45, 7) is 19.0. The predicted octanol–water partition coefficient (Wildman–Crippen LogP) is 7.05. The number of aromatic nitrogens is 3. The molecule has 2 aromatic carbocycles. The zero-order chi connectivity index (χ0) is 21.8. The number of benzene rings is 2. The van der Waals surface area contributed by atoms with Crippen LogP contribution in [-0.4, -0.2) is 21.5 Å². The highest BCUT2D eigenvalue weighted by Crippen LogP contribution is 2.40. The van der Waals surface area contributed by atoms with Crippen molar-refractivity contribution in [1.29, 1.82) is 0 Å². The number of anilines is 1. The molecule has 0 bridgehead atoms. The normalized spacial score (nSPS) is 10.8. The Kier molecular flexibility index (Phi) is 10.7. The third-order valence-electron chi connectivity index (χ3n) is 4.55. The van der Waals surface area contributed by atoms with Crippen LogP contribution in [0.2, 0.25) is 0 Å². The molecule has 0 unspecified atom stereocenters. The Balaban J connectivity index is 0.000000644. The lowest BCUT2D eigenvalue weighted by molar-refractivity contribution is 0.632. The molecule has 29 heavy (non-hydrogen) atoms. The maximum Gasteiger partial charge on any atom is 0.123 e. The van der Waals surface area contributed by atoms with Crippen LogP contribution in [0.25, 0.3) is 22.5 Å². The number of para-hydroxylation sites is 1. The highest BCUT2D eigenvalue weighted by atomic mass is 15.4. The van der Waals surface area contributed by atoms with E-state index in [-0.39, 0.29) is 0 Å². The van der Waals surface area contributed by atoms with E-state index in [0.29, 0.717) is 0 Å². The van der Waals surface area contributed by atoms with Gasteiger partial charge in [0.05, 0.1) is 5.69 Å². The van der Waals surface area contributed by atoms with Crippen LogP contribution >= 0.6 is 0 Å². The zero-order valence-corrected chi connectivity index (χ0v) is 19.5. The van der Waals surface area contributed by atoms with E-state index in [4.69, 9.17) is 0 Å². The molecule has 0 fully saturated rings. The van der Waals surface area contributed by atoms with Crippen molar-refractivity contribution in [3.05, 3.63) is 54.1 Å². The predicted molar refractivity (Wildman–Crippen MR) is 127 cm³/mol. The highest BCUT2D eigenvalue weighted by Gasteiger charge is 2.25. The molecule has 0 saturated carbocycles. The van der Waals surface area contributed by atoms with Crippen molar-refractivity contribution in [2.75, 3.05) is 11.4 Å². The first-order chi connectivity index (χ1) is 14.3. The van der Waals surface area contributed by atoms with Crippen molar-refractivity contribution in [3.63, 3.8) is 0 Å². The lowest BCUT2D eigenvalue weighted by Gasteiger charge is -2.29. The summed E-state index contributed by atoms with van der Waals surface area (Å²) < 4.78 is 2.01. The van der Waals surface area contributed by atoms with Crippen LogP contribution in [0.15, 0.2) is 48.5 Å². The second kappa shape index (κ2) is 12.8. The molecular weight excluding hydrogens is 356 g/mol. The summed E-state index contributed by atoms with van der Waals surface area (Å²) in [5.41, 5.74) is 7.07. The van der Waals surface area contributed by atoms with Crippen LogP contribution < -0.4 is 4.90 Å². The number of hydrogen-bond acceptors (Lipinski definition) is 3. The summed E-state index contributed by atoms with van der Waals surface area (Å²) >= 11 is 0. The third kappa shape index (κ3) is 5.06. The molecule has 158 valence electrons. The van der Waals surface area contributed by atoms with Gasteiger partial charge in [0, 0.05) is 36.4 Å². The number of rotatable bonds is 2. The van der Waals surface area contributed by atoms with E-state index in [1.807, 2.05) is 46.2 Å². The molecule has 0 amide bonds. The first kappa shape index (κ1) is 24.4. The number of aryl methyl sites for hydroxylation is 1. The first-order valence-electron chi connectivity index (χ1n) is 11.2. The average Bonchev–Trinajstić information content (AvgIpc) is 3.24. The molecule has 0 radical (unpaired) electrons. The quantitative estimate of drug-likeness (QED) is 0.467. The fraction of sp³-hybridized carbons (Fsp3) is 0.440. The van der Waals surface area contributed by atoms with Gasteiger partial charge in [-0.1, -0.05) is 89.2 Å². The second-order valence-corrected chi connectivity index (χ2v) is 5.79. The molecule has 4 heteroatoms. The van der Waals surface area contributed by atoms with E-state index in [1.54, 1.807) is 0 Å². The molecule has 3 aromatic rings. The summed E-state index contributed by atoms with van der Waals surface area (Å²) in [6, 6.07) is 17.1. The lowest BCUT2D eigenvalue weighted by Crippen LogP contribution is -2.24. The molecule has 1 aromatic heterocycles. The highest BCUT2D eigenvalue weighted by molar-refractivity contribution is 5.87. The van der Waals surface area contributed by atoms with Gasteiger partial charge in [-0.25, -0.2) is 4.68 Å². The molecule has 0 N–H and O–H groups in total. The summed E-state index contributed by atoms with van der Waals surface area (Å²) in [5, 5.41) is 8.92. The van der Waals surface area contributed by atoms with Crippen molar-refractivity contribution in [3.8, 4) is 22.5 Å². The van der Waals surface area contributed by atoms with Crippen molar-refractivity contribution in [2.24, 2.45) is 0 Å². The Morgan fingerprint density at radius 3 is 1.97 bits per heavy atom. The molecule has 0 spiro atoms. The van der Waals surface area contributed by atoms with E-state index in [1.165, 1.54) is 22.4 Å². The first-order valence-corrected chi connectivity index (χ1v) is 11.2. The van der Waals surface area contributed by atoms with Crippen molar-refractivity contribution in [1.82, 2.24) is 15.0 Å². The van der Waals surface area contributed by atoms with Gasteiger partial charge in [0.25, 0.3) is 0 Å². The number of fused-ring (bicyclic) bond motifs is 5. The number of hydrogen-bond donors (Lipinski definition) is 0. The molecule has 1 aliphatic heterocycles. The molecule has 0 aliphatic carbocycles. The van der Waals surface area contributed by atoms with E-state index in [2.05, 4.69) is 77.6 Å². The fourth-order valence-electron chi connectivity index (χ4n) is 3.39. The SMILES string of the molecule is CC.CC.CC.CCN1Cc2ccccc2-c2c(nnn2CC)-c2ccccc21. The van der Waals surface area contributed by atoms with Gasteiger partial charge in [0.15, 0.2) is 0 Å². The summed E-state index contributed by atoms with van der Waals surface area (Å²) in [7, 11) is 0. The van der Waals surface area contributed by atoms with Crippen molar-refractivity contribution in [2.45, 2.75) is 68.5 Å². The van der Waals surface area contributed by atoms with Crippen LogP contribution in [0.3, 0.4) is 0 Å². The smallest absolute Gasteiger partial charge is 0.123 e. The summed E-state index contributed by atoms with van der Waals surface area (Å²) in [6.07, 6.45) is 0. The Hall–Kier alpha value is -2.62. The molecule has 0 atom stereocenters. The van der Waals surface area contributed by atoms with E-state index in [0.717, 1.165) is 31.0 Å². The third-order valence-corrected chi connectivity index (χ3v) is 4.55. The monoisotopic (exact) mass is 394 g/mol. The molecule has 0 saturated heterocycles. The summed E-state index contributed by atoms with van der Waals surface area (Å²) in [4.78, 5) is 2.40. The van der Waals surface area contributed by atoms with Gasteiger partial charge in [0.2, 0.25) is 0 Å². The molecule has 4 nitrogen and oxygen atoms in total. The molecule has 1 aliphatic rings. The maximum absolute atomic E-state index is 4.52. The zero-order valence-electron chi connectivity index (χ0n) is 19.5. The van der Waals surface area contributed by atoms with Crippen molar-refractivity contribution >= 4 is 5.69 Å². The Labute approximate surface area is 177 Å². The van der Waals surface area contributed by atoms with Gasteiger partial charge in [-0.2, -0.15) is 0 Å². The second-order valence-electron chi connectivity index (χ2n) is 5.79. The van der Waals surface area contributed by atoms with Gasteiger partial charge < -0.3 is 4.90 Å². The van der Waals surface area contributed by atoms with Crippen LogP contribution in [-0.2, 0) is 13.1 Å². The maximum atomic E-state index is 4.52. The summed E-state index contributed by atoms with van der Waals surface area (Å²) in [5.74, 6) is 0. The molecule has 2 heterocycles. The largest absolute Gasteiger partial charge is 0.367 e. The van der Waals surface area contributed by atoms with Gasteiger partial charge in [0.1, 0.15) is 5.69 Å². The number of nitrogens with zero attached hydrogens (tertiary/aromatic N) is 4. The van der Waals surface area contributed by atoms with Gasteiger partial charge >= 0.3 is 0 Å². The Bertz CT molecular complexity index is 852. The van der Waals surface area contributed by atoms with Gasteiger partial charge in [-0.3, -0.25) is 0 Å². The van der Waals surface area contributed by atoms with E-state index < -0.39 is 0 Å². The van der Waals surface area contributed by atoms with E-state index >= 15 is 0 Å². The topological polar surface area (TPSA) is 34.0 Å². The minimum atomic E-state index is 0.816. The molecule has 4 rings (SSSR count). The standard InChI is InChI=1S/C19H20N4.3C2H6/c1-3-22-13-14-9-5-6-10-15(14)19-18(20-21-23(19)4-2)16-11-7-8-12-17(16)22;3*1-2/h5-12H,3-4,13H2,1-2H3;3*1-2H3. The fourth-order valence-corrected chi connectivity index (χ4v) is 3.39. The minimum absolute atomic E-state index is 0.816. The Morgan fingerprint density at radius 2 is 1.34 bits per heavy atom. The van der Waals surface area contributed by atoms with Gasteiger partial charge in [-0.15, -0.1) is 5.10 Å². The average molecular weight is 395 g/mol. The minimum Gasteiger partial charge on any atom is -0.367 e. The van der Waals surface area contributed by atoms with Crippen LogP contribution in [0.1, 0.15) is 61.0 Å². The Morgan fingerprint density at radius 1 is 0.759 bits per heavy atom. The van der Waals surface area contributed by atoms with Crippen molar-refractivity contribution < 1.29 is 0 Å². The van der Waals surface area contributed by atoms with E-state index in [9.17, 15) is 0 Å². The van der Waals surface area contributed by atoms with Gasteiger partial charge in [-0.05, 0) is 25.5 Å². The van der Waals surface area contributed by atoms with Crippen LogP contribution in [0.4, 0.5) is 5.69 Å². The molecular formula is C25H38N4. The van der Waals surface area contributed by atoms with Crippen LogP contribution in [0.5, 0.6) is 0 Å². The lowest BCUT2D eigenvalue weighted by atomic mass is 9.95. The van der Waals surface area contributed by atoms with Crippen LogP contribution in [0, 0.1) is 0 Å².